The minimum atomic E-state index is 0.441. The molecule has 0 aliphatic carbocycles. The second kappa shape index (κ2) is 9.59. The molecule has 1 rings (SSSR count). The van der Waals surface area contributed by atoms with E-state index in [9.17, 15) is 0 Å². The number of hydrogen-bond acceptors (Lipinski definition) is 4. The van der Waals surface area contributed by atoms with Gasteiger partial charge in [-0.3, -0.25) is 0 Å². The Morgan fingerprint density at radius 3 is 2.94 bits per heavy atom. The molecule has 4 heteroatoms. The number of hydrogen-bond donors (Lipinski definition) is 1. The maximum absolute atomic E-state index is 5.57. The average molecular weight is 257 g/mol. The van der Waals surface area contributed by atoms with E-state index in [0.29, 0.717) is 19.3 Å². The van der Waals surface area contributed by atoms with Crippen molar-refractivity contribution in [3.05, 3.63) is 22.4 Å². The maximum atomic E-state index is 5.57. The smallest absolute Gasteiger partial charge is 0.0701 e. The SMILES string of the molecule is CCNC(CCc1ccsc1)COCCOC. The van der Waals surface area contributed by atoms with E-state index in [-0.39, 0.29) is 0 Å². The Morgan fingerprint density at radius 2 is 2.29 bits per heavy atom. The molecule has 0 aliphatic rings. The molecule has 98 valence electrons. The summed E-state index contributed by atoms with van der Waals surface area (Å²) in [4.78, 5) is 0. The Bertz CT molecular complexity index is 264. The van der Waals surface area contributed by atoms with Crippen molar-refractivity contribution < 1.29 is 9.47 Å². The standard InChI is InChI=1S/C13H23NO2S/c1-3-14-13(10-16-8-7-15-2)5-4-12-6-9-17-11-12/h6,9,11,13-14H,3-5,7-8,10H2,1-2H3. The molecule has 0 fully saturated rings. The van der Waals surface area contributed by atoms with Gasteiger partial charge in [0.15, 0.2) is 0 Å². The zero-order chi connectivity index (χ0) is 12.3. The van der Waals surface area contributed by atoms with Gasteiger partial charge >= 0.3 is 0 Å². The van der Waals surface area contributed by atoms with Gasteiger partial charge in [0.25, 0.3) is 0 Å². The highest BCUT2D eigenvalue weighted by Crippen LogP contribution is 2.10. The summed E-state index contributed by atoms with van der Waals surface area (Å²) in [5.41, 5.74) is 1.43. The Morgan fingerprint density at radius 1 is 1.41 bits per heavy atom. The van der Waals surface area contributed by atoms with Gasteiger partial charge in [-0.1, -0.05) is 6.92 Å². The lowest BCUT2D eigenvalue weighted by Crippen LogP contribution is -2.34. The van der Waals surface area contributed by atoms with E-state index in [1.165, 1.54) is 5.56 Å². The van der Waals surface area contributed by atoms with Crippen LogP contribution in [-0.2, 0) is 15.9 Å². The van der Waals surface area contributed by atoms with Crippen LogP contribution in [0, 0.1) is 0 Å². The predicted octanol–water partition coefficient (Wildman–Crippen LogP) is 2.32. The normalized spacial score (nSPS) is 12.8. The van der Waals surface area contributed by atoms with Crippen LogP contribution in [0.25, 0.3) is 0 Å². The molecular formula is C13H23NO2S. The molecule has 0 aromatic carbocycles. The molecule has 0 amide bonds. The van der Waals surface area contributed by atoms with Crippen LogP contribution in [0.3, 0.4) is 0 Å². The minimum absolute atomic E-state index is 0.441. The third kappa shape index (κ3) is 6.78. The quantitative estimate of drug-likeness (QED) is 0.653. The Labute approximate surface area is 108 Å². The Hall–Kier alpha value is -0.420. The summed E-state index contributed by atoms with van der Waals surface area (Å²) >= 11 is 1.76. The van der Waals surface area contributed by atoms with Crippen LogP contribution in [0.1, 0.15) is 18.9 Å². The summed E-state index contributed by atoms with van der Waals surface area (Å²) < 4.78 is 10.5. The second-order valence-electron chi connectivity index (χ2n) is 3.99. The van der Waals surface area contributed by atoms with Crippen molar-refractivity contribution in [1.82, 2.24) is 5.32 Å². The van der Waals surface area contributed by atoms with Crippen LogP contribution >= 0.6 is 11.3 Å². The van der Waals surface area contributed by atoms with E-state index in [4.69, 9.17) is 9.47 Å². The van der Waals surface area contributed by atoms with Crippen LogP contribution in [0.15, 0.2) is 16.8 Å². The van der Waals surface area contributed by atoms with Gasteiger partial charge in [-0.25, -0.2) is 0 Å². The molecule has 0 spiro atoms. The molecule has 0 radical (unpaired) electrons. The van der Waals surface area contributed by atoms with Crippen molar-refractivity contribution in [1.29, 1.82) is 0 Å². The van der Waals surface area contributed by atoms with E-state index in [2.05, 4.69) is 29.1 Å². The fourth-order valence-corrected chi connectivity index (χ4v) is 2.38. The summed E-state index contributed by atoms with van der Waals surface area (Å²) in [7, 11) is 1.70. The van der Waals surface area contributed by atoms with Crippen LogP contribution in [0.4, 0.5) is 0 Å². The maximum Gasteiger partial charge on any atom is 0.0701 e. The van der Waals surface area contributed by atoms with Gasteiger partial charge in [0, 0.05) is 13.2 Å². The van der Waals surface area contributed by atoms with Gasteiger partial charge in [0.1, 0.15) is 0 Å². The molecule has 0 bridgehead atoms. The summed E-state index contributed by atoms with van der Waals surface area (Å²) in [6, 6.07) is 2.64. The van der Waals surface area contributed by atoms with E-state index in [0.717, 1.165) is 26.0 Å². The first-order chi connectivity index (χ1) is 8.36. The molecule has 1 aromatic heterocycles. The molecule has 1 aromatic rings. The first kappa shape index (κ1) is 14.6. The third-order valence-corrected chi connectivity index (χ3v) is 3.34. The zero-order valence-corrected chi connectivity index (χ0v) is 11.6. The van der Waals surface area contributed by atoms with Gasteiger partial charge < -0.3 is 14.8 Å². The van der Waals surface area contributed by atoms with E-state index >= 15 is 0 Å². The van der Waals surface area contributed by atoms with Crippen molar-refractivity contribution in [3.63, 3.8) is 0 Å². The number of methoxy groups -OCH3 is 1. The monoisotopic (exact) mass is 257 g/mol. The predicted molar refractivity (Wildman–Crippen MR) is 72.8 cm³/mol. The van der Waals surface area contributed by atoms with Gasteiger partial charge in [-0.2, -0.15) is 11.3 Å². The minimum Gasteiger partial charge on any atom is -0.382 e. The van der Waals surface area contributed by atoms with E-state index in [1.54, 1.807) is 18.4 Å². The molecule has 0 saturated heterocycles. The fraction of sp³-hybridized carbons (Fsp3) is 0.692. The number of rotatable bonds is 10. The summed E-state index contributed by atoms with van der Waals surface area (Å²) in [5.74, 6) is 0. The summed E-state index contributed by atoms with van der Waals surface area (Å²) in [6.07, 6.45) is 2.24. The molecule has 1 N–H and O–H groups in total. The van der Waals surface area contributed by atoms with Crippen molar-refractivity contribution in [2.75, 3.05) is 33.5 Å². The Kier molecular flexibility index (Phi) is 8.26. The van der Waals surface area contributed by atoms with E-state index < -0.39 is 0 Å². The largest absolute Gasteiger partial charge is 0.382 e. The van der Waals surface area contributed by atoms with E-state index in [1.807, 2.05) is 0 Å². The van der Waals surface area contributed by atoms with Crippen molar-refractivity contribution in [2.45, 2.75) is 25.8 Å². The lowest BCUT2D eigenvalue weighted by atomic mass is 10.1. The number of aryl methyl sites for hydroxylation is 1. The molecule has 1 atom stereocenters. The highest BCUT2D eigenvalue weighted by Gasteiger charge is 2.07. The average Bonchev–Trinajstić information content (AvgIpc) is 2.84. The zero-order valence-electron chi connectivity index (χ0n) is 10.8. The molecule has 0 saturated carbocycles. The highest BCUT2D eigenvalue weighted by atomic mass is 32.1. The lowest BCUT2D eigenvalue weighted by Gasteiger charge is -2.17. The summed E-state index contributed by atoms with van der Waals surface area (Å²) in [6.45, 7) is 5.23. The highest BCUT2D eigenvalue weighted by molar-refractivity contribution is 7.07. The second-order valence-corrected chi connectivity index (χ2v) is 4.77. The topological polar surface area (TPSA) is 30.5 Å². The first-order valence-electron chi connectivity index (χ1n) is 6.18. The van der Waals surface area contributed by atoms with Crippen molar-refractivity contribution in [3.8, 4) is 0 Å². The molecule has 3 nitrogen and oxygen atoms in total. The van der Waals surface area contributed by atoms with Gasteiger partial charge in [0.05, 0.1) is 19.8 Å². The molecule has 17 heavy (non-hydrogen) atoms. The van der Waals surface area contributed by atoms with Crippen LogP contribution in [0.5, 0.6) is 0 Å². The van der Waals surface area contributed by atoms with Crippen LogP contribution in [-0.4, -0.2) is 39.5 Å². The van der Waals surface area contributed by atoms with Crippen LogP contribution in [0.2, 0.25) is 0 Å². The molecule has 1 unspecified atom stereocenters. The first-order valence-corrected chi connectivity index (χ1v) is 7.12. The number of ether oxygens (including phenoxy) is 2. The third-order valence-electron chi connectivity index (χ3n) is 2.61. The van der Waals surface area contributed by atoms with Crippen molar-refractivity contribution >= 4 is 11.3 Å². The fourth-order valence-electron chi connectivity index (χ4n) is 1.68. The van der Waals surface area contributed by atoms with Gasteiger partial charge in [-0.05, 0) is 41.8 Å². The molecule has 0 aliphatic heterocycles. The van der Waals surface area contributed by atoms with Gasteiger partial charge in [0.2, 0.25) is 0 Å². The van der Waals surface area contributed by atoms with Crippen molar-refractivity contribution in [2.24, 2.45) is 0 Å². The molecular weight excluding hydrogens is 234 g/mol. The lowest BCUT2D eigenvalue weighted by molar-refractivity contribution is 0.0578. The molecule has 1 heterocycles. The number of likely N-dealkylation sites (N-methyl/N-ethyl adjacent to an activating group) is 1. The van der Waals surface area contributed by atoms with Gasteiger partial charge in [-0.15, -0.1) is 0 Å². The number of thiophene rings is 1. The Balaban J connectivity index is 2.17. The summed E-state index contributed by atoms with van der Waals surface area (Å²) in [5, 5.41) is 7.81. The number of nitrogens with one attached hydrogen (secondary N) is 1. The van der Waals surface area contributed by atoms with Crippen LogP contribution < -0.4 is 5.32 Å².